The maximum atomic E-state index is 12.0. The summed E-state index contributed by atoms with van der Waals surface area (Å²) in [7, 11) is 0. The summed E-state index contributed by atoms with van der Waals surface area (Å²) in [5, 5.41) is 5.91. The van der Waals surface area contributed by atoms with Crippen LogP contribution in [-0.2, 0) is 6.54 Å². The predicted molar refractivity (Wildman–Crippen MR) is 107 cm³/mol. The molecule has 1 saturated heterocycles. The Labute approximate surface area is 156 Å². The number of anilines is 1. The van der Waals surface area contributed by atoms with Gasteiger partial charge in [0.1, 0.15) is 0 Å². The average Bonchev–Trinajstić information content (AvgIpc) is 2.63. The van der Waals surface area contributed by atoms with E-state index in [9.17, 15) is 4.79 Å². The molecule has 0 aromatic heterocycles. The van der Waals surface area contributed by atoms with E-state index in [1.165, 1.54) is 16.7 Å². The van der Waals surface area contributed by atoms with Gasteiger partial charge < -0.3 is 10.6 Å². The second-order valence-corrected chi connectivity index (χ2v) is 7.41. The van der Waals surface area contributed by atoms with E-state index in [0.29, 0.717) is 5.92 Å². The minimum absolute atomic E-state index is 0.115. The van der Waals surface area contributed by atoms with E-state index in [1.54, 1.807) is 0 Å². The van der Waals surface area contributed by atoms with Crippen molar-refractivity contribution in [3.05, 3.63) is 65.2 Å². The Morgan fingerprint density at radius 3 is 2.46 bits per heavy atom. The molecule has 3 rings (SSSR count). The zero-order valence-corrected chi connectivity index (χ0v) is 15.8. The molecule has 4 heteroatoms. The first-order valence-corrected chi connectivity index (χ1v) is 9.48. The number of rotatable bonds is 5. The summed E-state index contributed by atoms with van der Waals surface area (Å²) < 4.78 is 0. The van der Waals surface area contributed by atoms with Crippen LogP contribution in [0.1, 0.15) is 29.5 Å². The molecule has 0 radical (unpaired) electrons. The monoisotopic (exact) mass is 351 g/mol. The van der Waals surface area contributed by atoms with Crippen LogP contribution in [0.3, 0.4) is 0 Å². The summed E-state index contributed by atoms with van der Waals surface area (Å²) in [5.41, 5.74) is 4.73. The lowest BCUT2D eigenvalue weighted by atomic mass is 9.96. The van der Waals surface area contributed by atoms with E-state index < -0.39 is 0 Å². The Hall–Kier alpha value is -2.33. The summed E-state index contributed by atoms with van der Waals surface area (Å²) in [5.74, 6) is 0.563. The minimum atomic E-state index is -0.115. The van der Waals surface area contributed by atoms with Crippen molar-refractivity contribution in [1.82, 2.24) is 10.2 Å². The molecule has 1 aliphatic rings. The number of urea groups is 1. The molecule has 1 heterocycles. The lowest BCUT2D eigenvalue weighted by molar-refractivity contribution is 0.175. The normalized spacial score (nSPS) is 15.6. The third-order valence-electron chi connectivity index (χ3n) is 5.06. The van der Waals surface area contributed by atoms with Gasteiger partial charge >= 0.3 is 6.03 Å². The van der Waals surface area contributed by atoms with Crippen molar-refractivity contribution in [3.8, 4) is 0 Å². The number of carbonyl (C=O) groups is 1. The molecule has 0 aliphatic carbocycles. The summed E-state index contributed by atoms with van der Waals surface area (Å²) in [6.45, 7) is 8.14. The summed E-state index contributed by atoms with van der Waals surface area (Å²) in [6.07, 6.45) is 2.27. The van der Waals surface area contributed by atoms with E-state index in [1.807, 2.05) is 31.2 Å². The van der Waals surface area contributed by atoms with Crippen molar-refractivity contribution in [2.75, 3.05) is 25.0 Å². The quantitative estimate of drug-likeness (QED) is 0.842. The smallest absolute Gasteiger partial charge is 0.319 e. The summed E-state index contributed by atoms with van der Waals surface area (Å²) in [6, 6.07) is 16.5. The third kappa shape index (κ3) is 5.60. The second kappa shape index (κ2) is 8.86. The fourth-order valence-corrected chi connectivity index (χ4v) is 3.47. The molecule has 138 valence electrons. The zero-order valence-electron chi connectivity index (χ0n) is 15.8. The number of hydrogen-bond donors (Lipinski definition) is 2. The van der Waals surface area contributed by atoms with Crippen LogP contribution in [0, 0.1) is 19.8 Å². The van der Waals surface area contributed by atoms with Crippen molar-refractivity contribution in [2.45, 2.75) is 33.2 Å². The van der Waals surface area contributed by atoms with Gasteiger partial charge in [-0.2, -0.15) is 0 Å². The number of carbonyl (C=O) groups excluding carboxylic acids is 1. The molecule has 4 nitrogen and oxygen atoms in total. The zero-order chi connectivity index (χ0) is 18.4. The van der Waals surface area contributed by atoms with Gasteiger partial charge in [-0.15, -0.1) is 0 Å². The average molecular weight is 351 g/mol. The lowest BCUT2D eigenvalue weighted by Crippen LogP contribution is -2.39. The molecule has 0 spiro atoms. The number of aryl methyl sites for hydroxylation is 2. The highest BCUT2D eigenvalue weighted by atomic mass is 16.2. The number of hydrogen-bond acceptors (Lipinski definition) is 2. The third-order valence-corrected chi connectivity index (χ3v) is 5.06. The molecule has 0 atom stereocenters. The molecular formula is C22H29N3O. The van der Waals surface area contributed by atoms with E-state index >= 15 is 0 Å². The van der Waals surface area contributed by atoms with Crippen LogP contribution in [0.5, 0.6) is 0 Å². The van der Waals surface area contributed by atoms with Gasteiger partial charge in [-0.25, -0.2) is 4.79 Å². The Balaban J connectivity index is 1.37. The largest absolute Gasteiger partial charge is 0.338 e. The van der Waals surface area contributed by atoms with Crippen LogP contribution in [0.2, 0.25) is 0 Å². The number of nitrogens with zero attached hydrogens (tertiary/aromatic N) is 1. The van der Waals surface area contributed by atoms with Crippen molar-refractivity contribution in [1.29, 1.82) is 0 Å². The molecule has 0 unspecified atom stereocenters. The lowest BCUT2D eigenvalue weighted by Gasteiger charge is -2.32. The minimum Gasteiger partial charge on any atom is -0.338 e. The maximum Gasteiger partial charge on any atom is 0.319 e. The fourth-order valence-electron chi connectivity index (χ4n) is 3.47. The van der Waals surface area contributed by atoms with E-state index in [2.05, 4.69) is 46.7 Å². The molecule has 26 heavy (non-hydrogen) atoms. The van der Waals surface area contributed by atoms with Crippen molar-refractivity contribution in [2.24, 2.45) is 5.92 Å². The van der Waals surface area contributed by atoms with Crippen LogP contribution in [-0.4, -0.2) is 30.6 Å². The van der Waals surface area contributed by atoms with Crippen LogP contribution < -0.4 is 10.6 Å². The molecule has 2 amide bonds. The van der Waals surface area contributed by atoms with Gasteiger partial charge in [0.25, 0.3) is 0 Å². The molecule has 2 aromatic rings. The van der Waals surface area contributed by atoms with Gasteiger partial charge in [0.2, 0.25) is 0 Å². The summed E-state index contributed by atoms with van der Waals surface area (Å²) >= 11 is 0. The van der Waals surface area contributed by atoms with Gasteiger partial charge in [0.05, 0.1) is 0 Å². The van der Waals surface area contributed by atoms with Crippen LogP contribution in [0.25, 0.3) is 0 Å². The number of piperidine rings is 1. The molecule has 1 aliphatic heterocycles. The first kappa shape index (κ1) is 18.5. The maximum absolute atomic E-state index is 12.0. The highest BCUT2D eigenvalue weighted by molar-refractivity contribution is 5.89. The summed E-state index contributed by atoms with van der Waals surface area (Å²) in [4.78, 5) is 14.6. The van der Waals surface area contributed by atoms with Gasteiger partial charge in [-0.1, -0.05) is 47.5 Å². The highest BCUT2D eigenvalue weighted by Gasteiger charge is 2.19. The van der Waals surface area contributed by atoms with Crippen molar-refractivity contribution in [3.63, 3.8) is 0 Å². The van der Waals surface area contributed by atoms with E-state index in [-0.39, 0.29) is 6.03 Å². The number of nitrogens with one attached hydrogen (secondary N) is 2. The van der Waals surface area contributed by atoms with Crippen molar-refractivity contribution >= 4 is 11.7 Å². The van der Waals surface area contributed by atoms with Gasteiger partial charge in [-0.05, 0) is 63.4 Å². The molecule has 1 fully saturated rings. The standard InChI is InChI=1S/C22H29N3O/c1-17-6-8-21(9-7-17)24-22(26)23-15-19-10-12-25(13-11-19)16-20-5-3-4-18(2)14-20/h3-9,14,19H,10-13,15-16H2,1-2H3,(H2,23,24,26). The molecule has 2 N–H and O–H groups in total. The predicted octanol–water partition coefficient (Wildman–Crippen LogP) is 4.34. The van der Waals surface area contributed by atoms with Crippen LogP contribution >= 0.6 is 0 Å². The Bertz CT molecular complexity index is 718. The SMILES string of the molecule is Cc1ccc(NC(=O)NCC2CCN(Cc3cccc(C)c3)CC2)cc1. The van der Waals surface area contributed by atoms with E-state index in [4.69, 9.17) is 0 Å². The molecule has 0 bridgehead atoms. The van der Waals surface area contributed by atoms with Crippen LogP contribution in [0.4, 0.5) is 10.5 Å². The number of benzene rings is 2. The van der Waals surface area contributed by atoms with E-state index in [0.717, 1.165) is 44.7 Å². The Morgan fingerprint density at radius 1 is 1.04 bits per heavy atom. The highest BCUT2D eigenvalue weighted by Crippen LogP contribution is 2.19. The first-order chi connectivity index (χ1) is 12.6. The molecular weight excluding hydrogens is 322 g/mol. The first-order valence-electron chi connectivity index (χ1n) is 9.48. The van der Waals surface area contributed by atoms with Crippen molar-refractivity contribution < 1.29 is 4.79 Å². The Kier molecular flexibility index (Phi) is 6.29. The molecule has 0 saturated carbocycles. The number of likely N-dealkylation sites (tertiary alicyclic amines) is 1. The Morgan fingerprint density at radius 2 is 1.77 bits per heavy atom. The topological polar surface area (TPSA) is 44.4 Å². The molecule has 2 aromatic carbocycles. The van der Waals surface area contributed by atoms with Crippen LogP contribution in [0.15, 0.2) is 48.5 Å². The van der Waals surface area contributed by atoms with Gasteiger partial charge in [-0.3, -0.25) is 4.90 Å². The van der Waals surface area contributed by atoms with Gasteiger partial charge in [0, 0.05) is 18.8 Å². The fraction of sp³-hybridized carbons (Fsp3) is 0.409. The number of amides is 2. The van der Waals surface area contributed by atoms with Gasteiger partial charge in [0.15, 0.2) is 0 Å². The second-order valence-electron chi connectivity index (χ2n) is 7.41.